The van der Waals surface area contributed by atoms with Crippen LogP contribution in [0.4, 0.5) is 13.2 Å². The summed E-state index contributed by atoms with van der Waals surface area (Å²) in [6.07, 6.45) is -6.31. The van der Waals surface area contributed by atoms with Gasteiger partial charge < -0.3 is 5.11 Å². The minimum absolute atomic E-state index is 0.246. The van der Waals surface area contributed by atoms with Gasteiger partial charge in [-0.1, -0.05) is 22.0 Å². The molecule has 1 N–H and O–H groups in total. The Morgan fingerprint density at radius 3 is 2.65 bits per heavy atom. The van der Waals surface area contributed by atoms with E-state index in [4.69, 9.17) is 0 Å². The number of halogens is 4. The third kappa shape index (κ3) is 6.95. The van der Waals surface area contributed by atoms with Crippen molar-refractivity contribution in [2.45, 2.75) is 30.0 Å². The van der Waals surface area contributed by atoms with Gasteiger partial charge in [0, 0.05) is 21.5 Å². The first kappa shape index (κ1) is 14.9. The molecular formula is C11H12BrF3OS. The van der Waals surface area contributed by atoms with E-state index >= 15 is 0 Å². The fourth-order valence-electron chi connectivity index (χ4n) is 1.16. The van der Waals surface area contributed by atoms with E-state index in [0.29, 0.717) is 0 Å². The summed E-state index contributed by atoms with van der Waals surface area (Å²) in [6.45, 7) is 0. The summed E-state index contributed by atoms with van der Waals surface area (Å²) >= 11 is 4.65. The van der Waals surface area contributed by atoms with Gasteiger partial charge >= 0.3 is 6.18 Å². The molecule has 0 spiro atoms. The molecule has 6 heteroatoms. The third-order valence-corrected chi connectivity index (χ3v) is 3.63. The Balaban J connectivity index is 2.31. The molecule has 0 aliphatic rings. The molecule has 1 nitrogen and oxygen atoms in total. The summed E-state index contributed by atoms with van der Waals surface area (Å²) in [4.78, 5) is 0.922. The normalized spacial score (nSPS) is 13.7. The van der Waals surface area contributed by atoms with Gasteiger partial charge in [-0.2, -0.15) is 13.2 Å². The highest BCUT2D eigenvalue weighted by molar-refractivity contribution is 9.10. The maximum atomic E-state index is 11.9. The zero-order valence-electron chi connectivity index (χ0n) is 8.88. The van der Waals surface area contributed by atoms with Gasteiger partial charge in [-0.3, -0.25) is 0 Å². The van der Waals surface area contributed by atoms with Crippen LogP contribution in [-0.2, 0) is 0 Å². The molecule has 96 valence electrons. The highest BCUT2D eigenvalue weighted by atomic mass is 79.9. The van der Waals surface area contributed by atoms with Gasteiger partial charge in [0.2, 0.25) is 0 Å². The van der Waals surface area contributed by atoms with Crippen molar-refractivity contribution in [1.29, 1.82) is 0 Å². The van der Waals surface area contributed by atoms with Crippen LogP contribution in [0.5, 0.6) is 0 Å². The summed E-state index contributed by atoms with van der Waals surface area (Å²) < 4.78 is 36.6. The van der Waals surface area contributed by atoms with E-state index in [0.717, 1.165) is 9.37 Å². The van der Waals surface area contributed by atoms with Gasteiger partial charge in [-0.15, -0.1) is 11.8 Å². The SMILES string of the molecule is OC(CCC(F)(F)F)CSc1cccc(Br)c1. The molecule has 17 heavy (non-hydrogen) atoms. The number of hydrogen-bond acceptors (Lipinski definition) is 2. The second-order valence-electron chi connectivity index (χ2n) is 3.58. The summed E-state index contributed by atoms with van der Waals surface area (Å²) in [5.41, 5.74) is 0. The average molecular weight is 329 g/mol. The molecule has 0 fully saturated rings. The standard InChI is InChI=1S/C11H12BrF3OS/c12-8-2-1-3-10(6-8)17-7-9(16)4-5-11(13,14)15/h1-3,6,9,16H,4-5,7H2. The van der Waals surface area contributed by atoms with Gasteiger partial charge in [0.1, 0.15) is 0 Å². The molecule has 0 aromatic heterocycles. The van der Waals surface area contributed by atoms with E-state index in [1.807, 2.05) is 24.3 Å². The van der Waals surface area contributed by atoms with E-state index in [-0.39, 0.29) is 12.2 Å². The van der Waals surface area contributed by atoms with Crippen molar-refractivity contribution in [2.24, 2.45) is 0 Å². The number of benzene rings is 1. The van der Waals surface area contributed by atoms with Crippen molar-refractivity contribution < 1.29 is 18.3 Å². The van der Waals surface area contributed by atoms with Gasteiger partial charge in [-0.05, 0) is 24.6 Å². The Hall–Kier alpha value is -0.200. The van der Waals surface area contributed by atoms with Crippen molar-refractivity contribution in [3.05, 3.63) is 28.7 Å². The van der Waals surface area contributed by atoms with Gasteiger partial charge in [0.05, 0.1) is 6.10 Å². The summed E-state index contributed by atoms with van der Waals surface area (Å²) in [5.74, 6) is 0.270. The minimum atomic E-state index is -4.19. The fraction of sp³-hybridized carbons (Fsp3) is 0.455. The molecule has 0 saturated heterocycles. The highest BCUT2D eigenvalue weighted by Crippen LogP contribution is 2.26. The number of rotatable bonds is 5. The Labute approximate surface area is 111 Å². The van der Waals surface area contributed by atoms with Crippen LogP contribution >= 0.6 is 27.7 Å². The highest BCUT2D eigenvalue weighted by Gasteiger charge is 2.27. The first-order valence-electron chi connectivity index (χ1n) is 5.00. The molecule has 0 aliphatic carbocycles. The molecule has 1 aromatic carbocycles. The lowest BCUT2D eigenvalue weighted by Gasteiger charge is -2.11. The van der Waals surface area contributed by atoms with Crippen LogP contribution in [0.1, 0.15) is 12.8 Å². The monoisotopic (exact) mass is 328 g/mol. The maximum absolute atomic E-state index is 11.9. The molecule has 1 unspecified atom stereocenters. The fourth-order valence-corrected chi connectivity index (χ4v) is 2.65. The molecular weight excluding hydrogens is 317 g/mol. The first-order chi connectivity index (χ1) is 7.87. The topological polar surface area (TPSA) is 20.2 Å². The van der Waals surface area contributed by atoms with Crippen LogP contribution < -0.4 is 0 Å². The quantitative estimate of drug-likeness (QED) is 0.815. The zero-order chi connectivity index (χ0) is 12.9. The summed E-state index contributed by atoms with van der Waals surface area (Å²) in [6, 6.07) is 7.42. The number of aliphatic hydroxyl groups is 1. The molecule has 1 rings (SSSR count). The Kier molecular flexibility index (Phi) is 5.82. The van der Waals surface area contributed by atoms with Crippen LogP contribution in [-0.4, -0.2) is 23.1 Å². The number of aliphatic hydroxyl groups excluding tert-OH is 1. The molecule has 1 aromatic rings. The van der Waals surface area contributed by atoms with Gasteiger partial charge in [0.25, 0.3) is 0 Å². The van der Waals surface area contributed by atoms with E-state index < -0.39 is 18.7 Å². The lowest BCUT2D eigenvalue weighted by Crippen LogP contribution is -2.16. The predicted molar refractivity (Wildman–Crippen MR) is 66.2 cm³/mol. The molecule has 0 saturated carbocycles. The van der Waals surface area contributed by atoms with Crippen molar-refractivity contribution >= 4 is 27.7 Å². The minimum Gasteiger partial charge on any atom is -0.392 e. The maximum Gasteiger partial charge on any atom is 0.389 e. The Morgan fingerprint density at radius 2 is 2.06 bits per heavy atom. The molecule has 0 bridgehead atoms. The smallest absolute Gasteiger partial charge is 0.389 e. The molecule has 0 heterocycles. The van der Waals surface area contributed by atoms with Crippen LogP contribution in [0.3, 0.4) is 0 Å². The van der Waals surface area contributed by atoms with E-state index in [9.17, 15) is 18.3 Å². The lowest BCUT2D eigenvalue weighted by atomic mass is 10.2. The van der Waals surface area contributed by atoms with Crippen LogP contribution in [0, 0.1) is 0 Å². The Bertz CT molecular complexity index is 357. The third-order valence-electron chi connectivity index (χ3n) is 2.00. The van der Waals surface area contributed by atoms with Gasteiger partial charge in [-0.25, -0.2) is 0 Å². The second-order valence-corrected chi connectivity index (χ2v) is 5.59. The predicted octanol–water partition coefficient (Wildman–Crippen LogP) is 4.24. The van der Waals surface area contributed by atoms with E-state index in [2.05, 4.69) is 15.9 Å². The second kappa shape index (κ2) is 6.66. The molecule has 1 atom stereocenters. The lowest BCUT2D eigenvalue weighted by molar-refractivity contribution is -0.139. The number of hydrogen-bond donors (Lipinski definition) is 1. The van der Waals surface area contributed by atoms with Crippen LogP contribution in [0.15, 0.2) is 33.6 Å². The van der Waals surface area contributed by atoms with Gasteiger partial charge in [0.15, 0.2) is 0 Å². The number of thioether (sulfide) groups is 1. The first-order valence-corrected chi connectivity index (χ1v) is 6.78. The van der Waals surface area contributed by atoms with Crippen LogP contribution in [0.25, 0.3) is 0 Å². The van der Waals surface area contributed by atoms with Crippen molar-refractivity contribution in [3.8, 4) is 0 Å². The zero-order valence-corrected chi connectivity index (χ0v) is 11.3. The molecule has 0 radical (unpaired) electrons. The summed E-state index contributed by atoms with van der Waals surface area (Å²) in [7, 11) is 0. The average Bonchev–Trinajstić information content (AvgIpc) is 2.23. The van der Waals surface area contributed by atoms with E-state index in [1.54, 1.807) is 0 Å². The largest absolute Gasteiger partial charge is 0.392 e. The van der Waals surface area contributed by atoms with Crippen molar-refractivity contribution in [1.82, 2.24) is 0 Å². The Morgan fingerprint density at radius 1 is 1.35 bits per heavy atom. The summed E-state index contributed by atoms with van der Waals surface area (Å²) in [5, 5.41) is 9.41. The van der Waals surface area contributed by atoms with Crippen molar-refractivity contribution in [3.63, 3.8) is 0 Å². The van der Waals surface area contributed by atoms with E-state index in [1.165, 1.54) is 11.8 Å². The molecule has 0 amide bonds. The van der Waals surface area contributed by atoms with Crippen LogP contribution in [0.2, 0.25) is 0 Å². The number of alkyl halides is 3. The molecule has 0 aliphatic heterocycles. The van der Waals surface area contributed by atoms with Crippen molar-refractivity contribution in [2.75, 3.05) is 5.75 Å².